The van der Waals surface area contributed by atoms with Crippen molar-refractivity contribution < 1.29 is 28.9 Å². The smallest absolute Gasteiger partial charge is 0.371 e. The van der Waals surface area contributed by atoms with Gasteiger partial charge in [0, 0.05) is 13.0 Å². The fourth-order valence-electron chi connectivity index (χ4n) is 1.74. The summed E-state index contributed by atoms with van der Waals surface area (Å²) in [5, 5.41) is 8.70. The maximum Gasteiger partial charge on any atom is 0.371 e. The Kier molecular flexibility index (Phi) is 7.12. The topological polar surface area (TPSA) is 82.1 Å². The SMILES string of the molecule is C=C(Oc1ccc(C[C@H](OCC)C(=O)OCC)cc1)C(=O)O. The fraction of sp³-hybridized carbons (Fsp3) is 0.375. The summed E-state index contributed by atoms with van der Waals surface area (Å²) >= 11 is 0. The molecule has 1 rings (SSSR count). The lowest BCUT2D eigenvalue weighted by molar-refractivity contribution is -0.156. The average Bonchev–Trinajstić information content (AvgIpc) is 2.48. The van der Waals surface area contributed by atoms with Crippen molar-refractivity contribution in [2.24, 2.45) is 0 Å². The third-order valence-corrected chi connectivity index (χ3v) is 2.74. The maximum absolute atomic E-state index is 11.8. The molecule has 0 aromatic heterocycles. The molecule has 6 nitrogen and oxygen atoms in total. The van der Waals surface area contributed by atoms with Crippen molar-refractivity contribution in [3.8, 4) is 5.75 Å². The van der Waals surface area contributed by atoms with E-state index >= 15 is 0 Å². The molecule has 0 spiro atoms. The van der Waals surface area contributed by atoms with Crippen LogP contribution in [-0.2, 0) is 25.5 Å². The van der Waals surface area contributed by atoms with E-state index in [1.807, 2.05) is 0 Å². The van der Waals surface area contributed by atoms with Crippen LogP contribution < -0.4 is 4.74 Å². The van der Waals surface area contributed by atoms with Gasteiger partial charge in [0.25, 0.3) is 0 Å². The Morgan fingerprint density at radius 1 is 1.18 bits per heavy atom. The van der Waals surface area contributed by atoms with Gasteiger partial charge >= 0.3 is 11.9 Å². The molecule has 0 heterocycles. The van der Waals surface area contributed by atoms with Crippen molar-refractivity contribution in [3.63, 3.8) is 0 Å². The van der Waals surface area contributed by atoms with E-state index in [1.165, 1.54) is 0 Å². The summed E-state index contributed by atoms with van der Waals surface area (Å²) in [5.74, 6) is -1.61. The summed E-state index contributed by atoms with van der Waals surface area (Å²) in [5.41, 5.74) is 0.847. The lowest BCUT2D eigenvalue weighted by atomic mass is 10.1. The number of aliphatic carboxylic acids is 1. The first-order chi connectivity index (χ1) is 10.5. The van der Waals surface area contributed by atoms with Crippen LogP contribution in [0, 0.1) is 0 Å². The molecule has 1 N–H and O–H groups in total. The second-order valence-electron chi connectivity index (χ2n) is 4.37. The predicted octanol–water partition coefficient (Wildman–Crippen LogP) is 2.17. The molecule has 0 bridgehead atoms. The third kappa shape index (κ3) is 5.57. The van der Waals surface area contributed by atoms with Crippen molar-refractivity contribution in [3.05, 3.63) is 42.2 Å². The number of carboxylic acids is 1. The van der Waals surface area contributed by atoms with Gasteiger partial charge in [-0.25, -0.2) is 9.59 Å². The highest BCUT2D eigenvalue weighted by Gasteiger charge is 2.20. The van der Waals surface area contributed by atoms with Gasteiger partial charge in [0.1, 0.15) is 5.75 Å². The number of hydrogen-bond donors (Lipinski definition) is 1. The summed E-state index contributed by atoms with van der Waals surface area (Å²) in [6.07, 6.45) is -0.293. The van der Waals surface area contributed by atoms with E-state index in [-0.39, 0.29) is 5.76 Å². The van der Waals surface area contributed by atoms with Gasteiger partial charge in [-0.1, -0.05) is 12.1 Å². The van der Waals surface area contributed by atoms with E-state index in [1.54, 1.807) is 38.1 Å². The molecule has 0 fully saturated rings. The fourth-order valence-corrected chi connectivity index (χ4v) is 1.74. The number of ether oxygens (including phenoxy) is 3. The Bertz CT molecular complexity index is 520. The summed E-state index contributed by atoms with van der Waals surface area (Å²) in [6.45, 7) is 7.53. The average molecular weight is 308 g/mol. The van der Waals surface area contributed by atoms with Crippen molar-refractivity contribution in [1.82, 2.24) is 0 Å². The lowest BCUT2D eigenvalue weighted by Gasteiger charge is -2.15. The molecule has 0 radical (unpaired) electrons. The summed E-state index contributed by atoms with van der Waals surface area (Å²) in [6, 6.07) is 6.68. The molecule has 0 amide bonds. The monoisotopic (exact) mass is 308 g/mol. The minimum atomic E-state index is -1.22. The number of rotatable bonds is 9. The highest BCUT2D eigenvalue weighted by Crippen LogP contribution is 2.17. The Morgan fingerprint density at radius 2 is 1.82 bits per heavy atom. The van der Waals surface area contributed by atoms with Gasteiger partial charge in [0.15, 0.2) is 6.10 Å². The van der Waals surface area contributed by atoms with Crippen LogP contribution in [0.15, 0.2) is 36.6 Å². The van der Waals surface area contributed by atoms with Gasteiger partial charge in [-0.15, -0.1) is 0 Å². The zero-order valence-electron chi connectivity index (χ0n) is 12.7. The minimum Gasteiger partial charge on any atom is -0.475 e. The Labute approximate surface area is 129 Å². The van der Waals surface area contributed by atoms with Crippen LogP contribution in [0.1, 0.15) is 19.4 Å². The van der Waals surface area contributed by atoms with E-state index in [9.17, 15) is 9.59 Å². The standard InChI is InChI=1S/C16H20O6/c1-4-20-14(16(19)21-5-2)10-12-6-8-13(9-7-12)22-11(3)15(17)18/h6-9,14H,3-5,10H2,1-2H3,(H,17,18)/t14-/m0/s1. The molecule has 0 aliphatic heterocycles. The van der Waals surface area contributed by atoms with Crippen LogP contribution in [-0.4, -0.2) is 36.4 Å². The molecule has 0 saturated carbocycles. The van der Waals surface area contributed by atoms with Crippen molar-refractivity contribution in [2.45, 2.75) is 26.4 Å². The first-order valence-corrected chi connectivity index (χ1v) is 6.95. The van der Waals surface area contributed by atoms with Crippen LogP contribution in [0.3, 0.4) is 0 Å². The molecule has 0 unspecified atom stereocenters. The van der Waals surface area contributed by atoms with Gasteiger partial charge in [-0.3, -0.25) is 0 Å². The predicted molar refractivity (Wildman–Crippen MR) is 79.6 cm³/mol. The number of hydrogen-bond acceptors (Lipinski definition) is 5. The van der Waals surface area contributed by atoms with Crippen LogP contribution in [0.5, 0.6) is 5.75 Å². The Morgan fingerprint density at radius 3 is 2.32 bits per heavy atom. The highest BCUT2D eigenvalue weighted by molar-refractivity contribution is 5.84. The number of carboxylic acid groups (broad SMARTS) is 1. The van der Waals surface area contributed by atoms with Gasteiger partial charge in [0.05, 0.1) is 6.61 Å². The molecule has 1 aromatic rings. The molecule has 0 saturated heterocycles. The number of carbonyl (C=O) groups is 2. The van der Waals surface area contributed by atoms with E-state index in [4.69, 9.17) is 19.3 Å². The molecule has 6 heteroatoms. The van der Waals surface area contributed by atoms with Crippen LogP contribution in [0.25, 0.3) is 0 Å². The molecule has 1 aromatic carbocycles. The minimum absolute atomic E-state index is 0.298. The van der Waals surface area contributed by atoms with Crippen molar-refractivity contribution >= 4 is 11.9 Å². The quantitative estimate of drug-likeness (QED) is 0.428. The second-order valence-corrected chi connectivity index (χ2v) is 4.37. The van der Waals surface area contributed by atoms with Crippen LogP contribution in [0.2, 0.25) is 0 Å². The normalized spacial score (nSPS) is 11.5. The summed E-state index contributed by atoms with van der Waals surface area (Å²) in [7, 11) is 0. The van der Waals surface area contributed by atoms with E-state index < -0.39 is 18.0 Å². The summed E-state index contributed by atoms with van der Waals surface area (Å²) < 4.78 is 15.4. The van der Waals surface area contributed by atoms with Crippen molar-refractivity contribution in [2.75, 3.05) is 13.2 Å². The Hall–Kier alpha value is -2.34. The molecule has 120 valence electrons. The molecule has 1 atom stereocenters. The van der Waals surface area contributed by atoms with Gasteiger partial charge in [0.2, 0.25) is 5.76 Å². The zero-order chi connectivity index (χ0) is 16.5. The molecule has 22 heavy (non-hydrogen) atoms. The number of esters is 1. The van der Waals surface area contributed by atoms with E-state index in [2.05, 4.69) is 6.58 Å². The van der Waals surface area contributed by atoms with Gasteiger partial charge < -0.3 is 19.3 Å². The number of benzene rings is 1. The highest BCUT2D eigenvalue weighted by atomic mass is 16.6. The van der Waals surface area contributed by atoms with Crippen LogP contribution in [0.4, 0.5) is 0 Å². The molecule has 0 aliphatic carbocycles. The first kappa shape index (κ1) is 17.7. The van der Waals surface area contributed by atoms with Gasteiger partial charge in [-0.05, 0) is 38.1 Å². The third-order valence-electron chi connectivity index (χ3n) is 2.74. The maximum atomic E-state index is 11.8. The molecule has 0 aliphatic rings. The molecular formula is C16H20O6. The second kappa shape index (κ2) is 8.84. The lowest BCUT2D eigenvalue weighted by Crippen LogP contribution is -2.28. The van der Waals surface area contributed by atoms with E-state index in [0.717, 1.165) is 5.56 Å². The zero-order valence-corrected chi connectivity index (χ0v) is 12.7. The van der Waals surface area contributed by atoms with Gasteiger partial charge in [-0.2, -0.15) is 0 Å². The number of carbonyl (C=O) groups excluding carboxylic acids is 1. The van der Waals surface area contributed by atoms with Crippen molar-refractivity contribution in [1.29, 1.82) is 0 Å². The molecular weight excluding hydrogens is 288 g/mol. The van der Waals surface area contributed by atoms with E-state index in [0.29, 0.717) is 25.4 Å². The first-order valence-electron chi connectivity index (χ1n) is 6.95. The summed E-state index contributed by atoms with van der Waals surface area (Å²) in [4.78, 5) is 22.4. The Balaban J connectivity index is 2.70. The van der Waals surface area contributed by atoms with Crippen LogP contribution >= 0.6 is 0 Å². The largest absolute Gasteiger partial charge is 0.475 e.